The maximum Gasteiger partial charge on any atom is 0.496 e. The van der Waals surface area contributed by atoms with Crippen molar-refractivity contribution in [3.8, 4) is 0 Å². The Morgan fingerprint density at radius 3 is 2.14 bits per heavy atom. The predicted molar refractivity (Wildman–Crippen MR) is 114 cm³/mol. The molecule has 29 heavy (non-hydrogen) atoms. The van der Waals surface area contributed by atoms with Crippen LogP contribution in [0.5, 0.6) is 0 Å². The van der Waals surface area contributed by atoms with Crippen molar-refractivity contribution in [3.05, 3.63) is 17.0 Å². The van der Waals surface area contributed by atoms with Crippen LogP contribution in [0.2, 0.25) is 0 Å². The van der Waals surface area contributed by atoms with Gasteiger partial charge in [-0.05, 0) is 71.8 Å². The van der Waals surface area contributed by atoms with Crippen LogP contribution in [0.1, 0.15) is 95.5 Å². The SMILES string of the molecule is CC1(C)OB(c2c3c(nc(C4CCCCC4)c2S(N)(=O)=O)CCCC3)OC1(C)C. The molecule has 160 valence electrons. The van der Waals surface area contributed by atoms with Crippen LogP contribution < -0.4 is 10.6 Å². The highest BCUT2D eigenvalue weighted by atomic mass is 32.2. The summed E-state index contributed by atoms with van der Waals surface area (Å²) in [6, 6.07) is 0. The Hall–Kier alpha value is -0.955. The third-order valence-electron chi connectivity index (χ3n) is 7.26. The number of primary sulfonamides is 1. The standard InChI is InChI=1S/C21H33BN2O4S/c1-20(2)21(3,4)28-22(27-20)17-15-12-8-9-13-16(15)24-18(19(17)29(23,25)26)14-10-6-5-7-11-14/h14H,5-13H2,1-4H3,(H2,23,25,26). The minimum absolute atomic E-state index is 0.130. The van der Waals surface area contributed by atoms with Gasteiger partial charge in [-0.25, -0.2) is 13.6 Å². The van der Waals surface area contributed by atoms with Crippen LogP contribution in [0.3, 0.4) is 0 Å². The highest BCUT2D eigenvalue weighted by molar-refractivity contribution is 7.89. The molecule has 2 N–H and O–H groups in total. The molecule has 2 aliphatic carbocycles. The fourth-order valence-electron chi connectivity index (χ4n) is 4.94. The highest BCUT2D eigenvalue weighted by Gasteiger charge is 2.54. The zero-order valence-corrected chi connectivity index (χ0v) is 18.9. The van der Waals surface area contributed by atoms with Gasteiger partial charge in [-0.1, -0.05) is 19.3 Å². The molecule has 3 aliphatic rings. The summed E-state index contributed by atoms with van der Waals surface area (Å²) >= 11 is 0. The van der Waals surface area contributed by atoms with Gasteiger partial charge >= 0.3 is 7.12 Å². The molecule has 1 aromatic heterocycles. The maximum absolute atomic E-state index is 12.9. The average molecular weight is 420 g/mol. The van der Waals surface area contributed by atoms with Crippen molar-refractivity contribution in [1.29, 1.82) is 0 Å². The smallest absolute Gasteiger partial charge is 0.399 e. The van der Waals surface area contributed by atoms with Gasteiger partial charge in [-0.3, -0.25) is 4.98 Å². The molecule has 0 aromatic carbocycles. The summed E-state index contributed by atoms with van der Waals surface area (Å²) in [4.78, 5) is 5.11. The van der Waals surface area contributed by atoms with Gasteiger partial charge in [-0.2, -0.15) is 0 Å². The van der Waals surface area contributed by atoms with E-state index in [-0.39, 0.29) is 10.8 Å². The molecule has 4 rings (SSSR count). The van der Waals surface area contributed by atoms with Crippen LogP contribution in [0, 0.1) is 0 Å². The topological polar surface area (TPSA) is 91.5 Å². The van der Waals surface area contributed by atoms with Crippen molar-refractivity contribution in [1.82, 2.24) is 4.98 Å². The minimum Gasteiger partial charge on any atom is -0.399 e. The van der Waals surface area contributed by atoms with Crippen molar-refractivity contribution in [2.45, 2.75) is 107 Å². The Balaban J connectivity index is 1.95. The summed E-state index contributed by atoms with van der Waals surface area (Å²) in [5, 5.41) is 5.82. The first-order valence-corrected chi connectivity index (χ1v) is 12.5. The molecule has 0 spiro atoms. The van der Waals surface area contributed by atoms with Gasteiger partial charge in [0.25, 0.3) is 0 Å². The molecule has 0 atom stereocenters. The van der Waals surface area contributed by atoms with Crippen molar-refractivity contribution < 1.29 is 17.7 Å². The summed E-state index contributed by atoms with van der Waals surface area (Å²) < 4.78 is 38.5. The number of aromatic nitrogens is 1. The van der Waals surface area contributed by atoms with Crippen molar-refractivity contribution in [2.24, 2.45) is 5.14 Å². The molecule has 0 radical (unpaired) electrons. The van der Waals surface area contributed by atoms with E-state index < -0.39 is 28.3 Å². The quantitative estimate of drug-likeness (QED) is 0.760. The summed E-state index contributed by atoms with van der Waals surface area (Å²) in [6.07, 6.45) is 9.03. The normalized spacial score (nSPS) is 24.5. The van der Waals surface area contributed by atoms with E-state index in [1.807, 2.05) is 27.7 Å². The Labute approximate surface area is 175 Å². The Bertz CT molecular complexity index is 892. The lowest BCUT2D eigenvalue weighted by atomic mass is 9.71. The van der Waals surface area contributed by atoms with Gasteiger partial charge in [0.1, 0.15) is 4.90 Å². The second-order valence-electron chi connectivity index (χ2n) is 9.84. The van der Waals surface area contributed by atoms with E-state index in [0.717, 1.165) is 62.6 Å². The van der Waals surface area contributed by atoms with E-state index in [4.69, 9.17) is 19.4 Å². The van der Waals surface area contributed by atoms with Gasteiger partial charge in [-0.15, -0.1) is 0 Å². The molecule has 6 nitrogen and oxygen atoms in total. The van der Waals surface area contributed by atoms with Crippen molar-refractivity contribution in [3.63, 3.8) is 0 Å². The zero-order valence-electron chi connectivity index (χ0n) is 18.1. The van der Waals surface area contributed by atoms with E-state index in [1.54, 1.807) is 0 Å². The number of rotatable bonds is 3. The summed E-state index contributed by atoms with van der Waals surface area (Å²) in [5.41, 5.74) is 2.15. The minimum atomic E-state index is -3.98. The Morgan fingerprint density at radius 2 is 1.55 bits per heavy atom. The van der Waals surface area contributed by atoms with Gasteiger partial charge in [0, 0.05) is 17.1 Å². The summed E-state index contributed by atoms with van der Waals surface area (Å²) in [6.45, 7) is 7.94. The van der Waals surface area contributed by atoms with Crippen LogP contribution in [-0.4, -0.2) is 31.7 Å². The molecule has 1 aliphatic heterocycles. The Kier molecular flexibility index (Phi) is 5.38. The van der Waals surface area contributed by atoms with Crippen LogP contribution in [0.4, 0.5) is 0 Å². The molecule has 1 saturated carbocycles. The average Bonchev–Trinajstić information content (AvgIpc) is 2.87. The lowest BCUT2D eigenvalue weighted by molar-refractivity contribution is 0.00578. The maximum atomic E-state index is 12.9. The molecule has 2 fully saturated rings. The molecule has 0 unspecified atom stereocenters. The number of sulfonamides is 1. The largest absolute Gasteiger partial charge is 0.496 e. The fourth-order valence-corrected chi connectivity index (χ4v) is 5.97. The molecule has 0 amide bonds. The van der Waals surface area contributed by atoms with Crippen molar-refractivity contribution in [2.75, 3.05) is 0 Å². The third-order valence-corrected chi connectivity index (χ3v) is 8.26. The van der Waals surface area contributed by atoms with Crippen LogP contribution in [0.25, 0.3) is 0 Å². The number of nitrogens with zero attached hydrogens (tertiary/aromatic N) is 1. The molecule has 1 aromatic rings. The number of fused-ring (bicyclic) bond motifs is 1. The highest BCUT2D eigenvalue weighted by Crippen LogP contribution is 2.40. The first-order valence-electron chi connectivity index (χ1n) is 11.0. The van der Waals surface area contributed by atoms with E-state index in [2.05, 4.69) is 0 Å². The fraction of sp³-hybridized carbons (Fsp3) is 0.762. The van der Waals surface area contributed by atoms with Crippen molar-refractivity contribution >= 4 is 22.6 Å². The summed E-state index contributed by atoms with van der Waals surface area (Å²) in [5.74, 6) is 0.130. The number of pyridine rings is 1. The third kappa shape index (κ3) is 3.77. The van der Waals surface area contributed by atoms with Gasteiger partial charge < -0.3 is 9.31 Å². The van der Waals surface area contributed by atoms with E-state index >= 15 is 0 Å². The molecule has 0 bridgehead atoms. The predicted octanol–water partition coefficient (Wildman–Crippen LogP) is 2.95. The first kappa shape index (κ1) is 21.3. The molecule has 1 saturated heterocycles. The van der Waals surface area contributed by atoms with Crippen LogP contribution in [-0.2, 0) is 32.2 Å². The number of nitrogens with two attached hydrogens (primary N) is 1. The monoisotopic (exact) mass is 420 g/mol. The van der Waals surface area contributed by atoms with Gasteiger partial charge in [0.15, 0.2) is 0 Å². The number of hydrogen-bond donors (Lipinski definition) is 1. The summed E-state index contributed by atoms with van der Waals surface area (Å²) in [7, 11) is -4.73. The Morgan fingerprint density at radius 1 is 0.966 bits per heavy atom. The second-order valence-corrected chi connectivity index (χ2v) is 11.3. The lowest BCUT2D eigenvalue weighted by Gasteiger charge is -2.32. The number of aryl methyl sites for hydroxylation is 1. The molecular weight excluding hydrogens is 387 g/mol. The van der Waals surface area contributed by atoms with E-state index in [0.29, 0.717) is 11.2 Å². The molecule has 8 heteroatoms. The molecular formula is C21H33BN2O4S. The van der Waals surface area contributed by atoms with Crippen LogP contribution in [0.15, 0.2) is 4.90 Å². The zero-order chi connectivity index (χ0) is 21.0. The first-order chi connectivity index (χ1) is 13.5. The number of hydrogen-bond acceptors (Lipinski definition) is 5. The molecule has 2 heterocycles. The lowest BCUT2D eigenvalue weighted by Crippen LogP contribution is -2.44. The van der Waals surface area contributed by atoms with Gasteiger partial charge in [0.05, 0.1) is 16.9 Å². The van der Waals surface area contributed by atoms with Crippen LogP contribution >= 0.6 is 0 Å². The van der Waals surface area contributed by atoms with E-state index in [9.17, 15) is 8.42 Å². The second kappa shape index (κ2) is 7.33. The van der Waals surface area contributed by atoms with Gasteiger partial charge in [0.2, 0.25) is 10.0 Å². The van der Waals surface area contributed by atoms with E-state index in [1.165, 1.54) is 6.42 Å².